The lowest BCUT2D eigenvalue weighted by Gasteiger charge is -2.05. The van der Waals surface area contributed by atoms with Gasteiger partial charge in [0.1, 0.15) is 0 Å². The molecule has 0 aliphatic rings. The Kier molecular flexibility index (Phi) is 5.06. The number of likely N-dealkylation sites (N-methyl/N-ethyl adjacent to an activating group) is 1. The molecule has 1 N–H and O–H groups in total. The first-order valence-electron chi connectivity index (χ1n) is 6.55. The fourth-order valence-electron chi connectivity index (χ4n) is 1.66. The highest BCUT2D eigenvalue weighted by atomic mass is 19.1. The van der Waals surface area contributed by atoms with Crippen molar-refractivity contribution in [3.05, 3.63) is 41.8 Å². The van der Waals surface area contributed by atoms with Crippen molar-refractivity contribution >= 4 is 0 Å². The number of halogens is 1. The summed E-state index contributed by atoms with van der Waals surface area (Å²) in [4.78, 5) is 4.26. The van der Waals surface area contributed by atoms with E-state index in [0.717, 1.165) is 0 Å². The summed E-state index contributed by atoms with van der Waals surface area (Å²) in [5, 5.41) is 7.00. The Bertz CT molecular complexity index is 545. The third-order valence-electron chi connectivity index (χ3n) is 2.90. The molecule has 6 heteroatoms. The van der Waals surface area contributed by atoms with Crippen LogP contribution in [0.4, 0.5) is 4.39 Å². The average molecular weight is 279 g/mol. The van der Waals surface area contributed by atoms with E-state index >= 15 is 0 Å². The van der Waals surface area contributed by atoms with E-state index in [1.807, 2.05) is 14.0 Å². The maximum atomic E-state index is 13.3. The van der Waals surface area contributed by atoms with Crippen LogP contribution in [0.5, 0.6) is 5.75 Å². The van der Waals surface area contributed by atoms with E-state index < -0.39 is 0 Å². The van der Waals surface area contributed by atoms with Crippen LogP contribution in [0, 0.1) is 5.82 Å². The molecule has 0 saturated heterocycles. The van der Waals surface area contributed by atoms with E-state index in [2.05, 4.69) is 15.5 Å². The Morgan fingerprint density at radius 3 is 2.95 bits per heavy atom. The van der Waals surface area contributed by atoms with E-state index in [9.17, 15) is 4.39 Å². The first kappa shape index (κ1) is 14.5. The molecular weight excluding hydrogens is 261 g/mol. The van der Waals surface area contributed by atoms with E-state index in [1.54, 1.807) is 18.2 Å². The van der Waals surface area contributed by atoms with Gasteiger partial charge >= 0.3 is 0 Å². The molecule has 0 amide bonds. The van der Waals surface area contributed by atoms with Gasteiger partial charge < -0.3 is 14.6 Å². The quantitative estimate of drug-likeness (QED) is 0.839. The zero-order valence-corrected chi connectivity index (χ0v) is 11.6. The highest BCUT2D eigenvalue weighted by molar-refractivity contribution is 5.23. The molecule has 1 aromatic heterocycles. The molecule has 20 heavy (non-hydrogen) atoms. The summed E-state index contributed by atoms with van der Waals surface area (Å²) in [5.41, 5.74) is 0. The second kappa shape index (κ2) is 7.00. The smallest absolute Gasteiger partial charge is 0.230 e. The fraction of sp³-hybridized carbons (Fsp3) is 0.429. The van der Waals surface area contributed by atoms with E-state index in [4.69, 9.17) is 9.26 Å². The zero-order chi connectivity index (χ0) is 14.4. The number of aromatic nitrogens is 2. The van der Waals surface area contributed by atoms with Gasteiger partial charge in [0.05, 0.1) is 13.0 Å². The van der Waals surface area contributed by atoms with Crippen LogP contribution in [0.15, 0.2) is 28.8 Å². The Hall–Kier alpha value is -1.95. The van der Waals surface area contributed by atoms with Gasteiger partial charge in [0, 0.05) is 12.5 Å². The van der Waals surface area contributed by atoms with Gasteiger partial charge in [-0.3, -0.25) is 0 Å². The Labute approximate surface area is 117 Å². The monoisotopic (exact) mass is 279 g/mol. The van der Waals surface area contributed by atoms with Crippen LogP contribution < -0.4 is 10.1 Å². The van der Waals surface area contributed by atoms with Crippen LogP contribution in [0.25, 0.3) is 0 Å². The molecule has 0 aliphatic heterocycles. The van der Waals surface area contributed by atoms with Crippen molar-refractivity contribution in [1.29, 1.82) is 0 Å². The molecule has 0 spiro atoms. The molecule has 1 aromatic carbocycles. The number of nitrogens with one attached hydrogen (secondary N) is 1. The molecule has 2 aromatic rings. The predicted molar refractivity (Wildman–Crippen MR) is 72.1 cm³/mol. The number of ether oxygens (including phenoxy) is 1. The molecule has 0 radical (unpaired) electrons. The largest absolute Gasteiger partial charge is 0.490 e. The lowest BCUT2D eigenvalue weighted by molar-refractivity contribution is 0.281. The summed E-state index contributed by atoms with van der Waals surface area (Å²) in [6.07, 6.45) is 1.16. The number of nitrogens with zero attached hydrogens (tertiary/aromatic N) is 2. The summed E-state index contributed by atoms with van der Waals surface area (Å²) in [7, 11) is 1.88. The second-order valence-electron chi connectivity index (χ2n) is 4.53. The van der Waals surface area contributed by atoms with Gasteiger partial charge in [-0.05, 0) is 26.1 Å². The van der Waals surface area contributed by atoms with E-state index in [-0.39, 0.29) is 17.6 Å². The fourth-order valence-corrected chi connectivity index (χ4v) is 1.66. The highest BCUT2D eigenvalue weighted by Crippen LogP contribution is 2.15. The van der Waals surface area contributed by atoms with Crippen molar-refractivity contribution in [2.75, 3.05) is 13.7 Å². The first-order valence-corrected chi connectivity index (χ1v) is 6.55. The third kappa shape index (κ3) is 4.03. The third-order valence-corrected chi connectivity index (χ3v) is 2.90. The van der Waals surface area contributed by atoms with Gasteiger partial charge in [-0.15, -0.1) is 0 Å². The minimum atomic E-state index is -0.374. The number of benzene rings is 1. The maximum absolute atomic E-state index is 13.3. The molecule has 1 heterocycles. The number of para-hydroxylation sites is 1. The molecule has 0 saturated carbocycles. The van der Waals surface area contributed by atoms with Crippen molar-refractivity contribution < 1.29 is 13.7 Å². The number of hydrogen-bond donors (Lipinski definition) is 1. The Morgan fingerprint density at radius 1 is 1.40 bits per heavy atom. The SMILES string of the molecule is CNC(C)Cc1noc(CCOc2ccccc2F)n1. The normalized spacial score (nSPS) is 12.3. The second-order valence-corrected chi connectivity index (χ2v) is 4.53. The average Bonchev–Trinajstić information content (AvgIpc) is 2.88. The zero-order valence-electron chi connectivity index (χ0n) is 11.6. The van der Waals surface area contributed by atoms with Crippen LogP contribution in [0.1, 0.15) is 18.6 Å². The summed E-state index contributed by atoms with van der Waals surface area (Å²) >= 11 is 0. The van der Waals surface area contributed by atoms with Gasteiger partial charge in [0.15, 0.2) is 17.4 Å². The van der Waals surface area contributed by atoms with Crippen molar-refractivity contribution in [2.45, 2.75) is 25.8 Å². The van der Waals surface area contributed by atoms with Crippen molar-refractivity contribution in [1.82, 2.24) is 15.5 Å². The molecule has 1 unspecified atom stereocenters. The van der Waals surface area contributed by atoms with E-state index in [1.165, 1.54) is 6.07 Å². The van der Waals surface area contributed by atoms with Gasteiger partial charge in [-0.25, -0.2) is 4.39 Å². The van der Waals surface area contributed by atoms with Gasteiger partial charge in [-0.1, -0.05) is 17.3 Å². The maximum Gasteiger partial charge on any atom is 0.230 e. The number of rotatable bonds is 7. The van der Waals surface area contributed by atoms with Crippen molar-refractivity contribution in [3.63, 3.8) is 0 Å². The first-order chi connectivity index (χ1) is 9.69. The predicted octanol–water partition coefficient (Wildman–Crippen LogP) is 1.98. The molecule has 2 rings (SSSR count). The lowest BCUT2D eigenvalue weighted by atomic mass is 10.2. The molecule has 108 valence electrons. The molecule has 5 nitrogen and oxygen atoms in total. The van der Waals surface area contributed by atoms with Gasteiger partial charge in [0.25, 0.3) is 0 Å². The minimum absolute atomic E-state index is 0.232. The topological polar surface area (TPSA) is 60.2 Å². The van der Waals surface area contributed by atoms with Crippen LogP contribution in [0.2, 0.25) is 0 Å². The summed E-state index contributed by atoms with van der Waals surface area (Å²) in [6.45, 7) is 2.33. The van der Waals surface area contributed by atoms with Crippen LogP contribution in [-0.4, -0.2) is 29.8 Å². The lowest BCUT2D eigenvalue weighted by Crippen LogP contribution is -2.24. The summed E-state index contributed by atoms with van der Waals surface area (Å²) < 4.78 is 23.8. The summed E-state index contributed by atoms with van der Waals surface area (Å²) in [6, 6.07) is 6.58. The van der Waals surface area contributed by atoms with Crippen molar-refractivity contribution in [2.24, 2.45) is 0 Å². The van der Waals surface area contributed by atoms with Gasteiger partial charge in [0.2, 0.25) is 5.89 Å². The van der Waals surface area contributed by atoms with Crippen molar-refractivity contribution in [3.8, 4) is 5.75 Å². The molecule has 1 atom stereocenters. The standard InChI is InChI=1S/C14H18FN3O2/c1-10(16-2)9-13-17-14(20-18-13)7-8-19-12-6-4-3-5-11(12)15/h3-6,10,16H,7-9H2,1-2H3. The van der Waals surface area contributed by atoms with Crippen LogP contribution >= 0.6 is 0 Å². The molecule has 0 fully saturated rings. The van der Waals surface area contributed by atoms with Crippen LogP contribution in [0.3, 0.4) is 0 Å². The molecule has 0 bridgehead atoms. The number of hydrogen-bond acceptors (Lipinski definition) is 5. The van der Waals surface area contributed by atoms with E-state index in [0.29, 0.717) is 31.2 Å². The minimum Gasteiger partial charge on any atom is -0.490 e. The molecular formula is C14H18FN3O2. The Balaban J connectivity index is 1.81. The Morgan fingerprint density at radius 2 is 2.20 bits per heavy atom. The van der Waals surface area contributed by atoms with Gasteiger partial charge in [-0.2, -0.15) is 4.98 Å². The summed E-state index contributed by atoms with van der Waals surface area (Å²) in [5.74, 6) is 1.02. The van der Waals surface area contributed by atoms with Crippen LogP contribution in [-0.2, 0) is 12.8 Å². The highest BCUT2D eigenvalue weighted by Gasteiger charge is 2.10. The molecule has 0 aliphatic carbocycles.